The number of halogens is 3. The molecule has 0 fully saturated rings. The Bertz CT molecular complexity index is 894. The molecule has 3 rings (SSSR count). The molecule has 0 amide bonds. The summed E-state index contributed by atoms with van der Waals surface area (Å²) in [5.74, 6) is 0.798. The van der Waals surface area contributed by atoms with Crippen molar-refractivity contribution in [3.05, 3.63) is 69.7 Å². The molecule has 0 saturated heterocycles. The number of thiazole rings is 1. The summed E-state index contributed by atoms with van der Waals surface area (Å²) in [5, 5.41) is 0.690. The summed E-state index contributed by atoms with van der Waals surface area (Å²) >= 11 is 1.44. The molecule has 2 nitrogen and oxygen atoms in total. The highest BCUT2D eigenvalue weighted by Gasteiger charge is 2.30. The van der Waals surface area contributed by atoms with Crippen molar-refractivity contribution in [2.24, 2.45) is 0 Å². The molecule has 0 aliphatic rings. The van der Waals surface area contributed by atoms with E-state index in [4.69, 9.17) is 4.74 Å². The Kier molecular flexibility index (Phi) is 5.05. The number of alkyl halides is 3. The zero-order valence-electron chi connectivity index (χ0n) is 14.6. The van der Waals surface area contributed by atoms with Crippen LogP contribution in [0.5, 0.6) is 5.75 Å². The summed E-state index contributed by atoms with van der Waals surface area (Å²) in [5.41, 5.74) is 3.10. The van der Waals surface area contributed by atoms with Gasteiger partial charge in [0.2, 0.25) is 0 Å². The van der Waals surface area contributed by atoms with E-state index in [1.807, 2.05) is 32.9 Å². The second kappa shape index (κ2) is 7.11. The van der Waals surface area contributed by atoms with E-state index in [9.17, 15) is 13.2 Å². The molecule has 0 unspecified atom stereocenters. The van der Waals surface area contributed by atoms with E-state index in [2.05, 4.69) is 11.1 Å². The Labute approximate surface area is 154 Å². The molecule has 0 N–H and O–H groups in total. The number of benzene rings is 2. The van der Waals surface area contributed by atoms with Gasteiger partial charge >= 0.3 is 6.18 Å². The lowest BCUT2D eigenvalue weighted by molar-refractivity contribution is -0.137. The van der Waals surface area contributed by atoms with Crippen molar-refractivity contribution in [2.45, 2.75) is 33.6 Å². The van der Waals surface area contributed by atoms with Crippen LogP contribution in [0.15, 0.2) is 42.5 Å². The monoisotopic (exact) mass is 377 g/mol. The number of aromatic nitrogens is 1. The minimum absolute atomic E-state index is 0.382. The van der Waals surface area contributed by atoms with Gasteiger partial charge < -0.3 is 4.74 Å². The summed E-state index contributed by atoms with van der Waals surface area (Å²) in [6.45, 7) is 6.29. The Morgan fingerprint density at radius 2 is 1.58 bits per heavy atom. The number of hydrogen-bond acceptors (Lipinski definition) is 3. The van der Waals surface area contributed by atoms with Crippen LogP contribution in [-0.4, -0.2) is 4.98 Å². The van der Waals surface area contributed by atoms with E-state index in [1.54, 1.807) is 0 Å². The van der Waals surface area contributed by atoms with Crippen LogP contribution in [0.2, 0.25) is 0 Å². The number of nitrogens with zero attached hydrogens (tertiary/aromatic N) is 1. The second-order valence-corrected chi connectivity index (χ2v) is 7.30. The second-order valence-electron chi connectivity index (χ2n) is 6.21. The lowest BCUT2D eigenvalue weighted by atomic mass is 10.1. The standard InChI is InChI=1S/C20H18F3NOS/c1-12-8-13(2)10-17(9-12)25-11-18-14(3)24-19(26-18)15-4-6-16(7-5-15)20(21,22)23/h4-10H,11H2,1-3H3. The SMILES string of the molecule is Cc1cc(C)cc(OCc2sc(-c3ccc(C(F)(F)F)cc3)nc2C)c1. The van der Waals surface area contributed by atoms with Crippen LogP contribution in [0.25, 0.3) is 10.6 Å². The molecule has 136 valence electrons. The molecule has 0 radical (unpaired) electrons. The van der Waals surface area contributed by atoms with Crippen molar-refractivity contribution in [3.63, 3.8) is 0 Å². The normalized spacial score (nSPS) is 11.6. The van der Waals surface area contributed by atoms with Gasteiger partial charge in [0.05, 0.1) is 16.1 Å². The molecular formula is C20H18F3NOS. The van der Waals surface area contributed by atoms with Gasteiger partial charge in [-0.3, -0.25) is 0 Å². The average Bonchev–Trinajstić information content (AvgIpc) is 2.92. The van der Waals surface area contributed by atoms with Crippen LogP contribution >= 0.6 is 11.3 Å². The largest absolute Gasteiger partial charge is 0.488 e. The van der Waals surface area contributed by atoms with Crippen LogP contribution < -0.4 is 4.74 Å². The number of hydrogen-bond donors (Lipinski definition) is 0. The Morgan fingerprint density at radius 1 is 0.962 bits per heavy atom. The van der Waals surface area contributed by atoms with Crippen LogP contribution in [0.3, 0.4) is 0 Å². The lowest BCUT2D eigenvalue weighted by Crippen LogP contribution is -2.03. The van der Waals surface area contributed by atoms with Crippen LogP contribution in [0.4, 0.5) is 13.2 Å². The van der Waals surface area contributed by atoms with Gasteiger partial charge in [-0.25, -0.2) is 4.98 Å². The van der Waals surface area contributed by atoms with Gasteiger partial charge in [-0.15, -0.1) is 11.3 Å². The highest BCUT2D eigenvalue weighted by atomic mass is 32.1. The summed E-state index contributed by atoms with van der Waals surface area (Å²) in [6.07, 6.45) is -4.33. The van der Waals surface area contributed by atoms with Crippen molar-refractivity contribution in [1.82, 2.24) is 4.98 Å². The summed E-state index contributed by atoms with van der Waals surface area (Å²) in [7, 11) is 0. The first-order valence-corrected chi connectivity index (χ1v) is 8.89. The smallest absolute Gasteiger partial charge is 0.416 e. The third-order valence-electron chi connectivity index (χ3n) is 3.92. The van der Waals surface area contributed by atoms with Crippen molar-refractivity contribution in [3.8, 4) is 16.3 Å². The van der Waals surface area contributed by atoms with Crippen molar-refractivity contribution in [2.75, 3.05) is 0 Å². The van der Waals surface area contributed by atoms with Gasteiger partial charge in [-0.2, -0.15) is 13.2 Å². The molecule has 2 aromatic carbocycles. The van der Waals surface area contributed by atoms with Crippen molar-refractivity contribution < 1.29 is 17.9 Å². The van der Waals surface area contributed by atoms with E-state index < -0.39 is 11.7 Å². The number of ether oxygens (including phenoxy) is 1. The minimum Gasteiger partial charge on any atom is -0.488 e. The van der Waals surface area contributed by atoms with E-state index in [1.165, 1.54) is 23.5 Å². The first-order valence-electron chi connectivity index (χ1n) is 8.07. The predicted molar refractivity (Wildman–Crippen MR) is 97.5 cm³/mol. The molecule has 26 heavy (non-hydrogen) atoms. The molecule has 0 aliphatic carbocycles. The predicted octanol–water partition coefficient (Wildman–Crippen LogP) is 6.33. The quantitative estimate of drug-likeness (QED) is 0.530. The van der Waals surface area contributed by atoms with Gasteiger partial charge in [0.25, 0.3) is 0 Å². The summed E-state index contributed by atoms with van der Waals surface area (Å²) < 4.78 is 43.9. The van der Waals surface area contributed by atoms with Crippen LogP contribution in [0.1, 0.15) is 27.3 Å². The number of rotatable bonds is 4. The lowest BCUT2D eigenvalue weighted by Gasteiger charge is -2.07. The fraction of sp³-hybridized carbons (Fsp3) is 0.250. The third kappa shape index (κ3) is 4.25. The summed E-state index contributed by atoms with van der Waals surface area (Å²) in [4.78, 5) is 5.43. The van der Waals surface area contributed by atoms with Gasteiger partial charge in [0, 0.05) is 5.56 Å². The molecule has 6 heteroatoms. The van der Waals surface area contributed by atoms with E-state index in [0.717, 1.165) is 39.6 Å². The molecule has 0 saturated carbocycles. The van der Waals surface area contributed by atoms with Gasteiger partial charge in [0.15, 0.2) is 0 Å². The minimum atomic E-state index is -4.33. The Hall–Kier alpha value is -2.34. The molecule has 0 atom stereocenters. The topological polar surface area (TPSA) is 22.1 Å². The molecule has 0 aliphatic heterocycles. The van der Waals surface area contributed by atoms with Gasteiger partial charge in [0.1, 0.15) is 17.4 Å². The Morgan fingerprint density at radius 3 is 2.15 bits per heavy atom. The Balaban J connectivity index is 1.76. The molecule has 1 heterocycles. The van der Waals surface area contributed by atoms with E-state index >= 15 is 0 Å². The number of aryl methyl sites for hydroxylation is 3. The molecule has 3 aromatic rings. The van der Waals surface area contributed by atoms with Crippen LogP contribution in [-0.2, 0) is 12.8 Å². The van der Waals surface area contributed by atoms with Crippen LogP contribution in [0, 0.1) is 20.8 Å². The maximum atomic E-state index is 12.7. The first kappa shape index (κ1) is 18.5. The van der Waals surface area contributed by atoms with Crippen molar-refractivity contribution in [1.29, 1.82) is 0 Å². The average molecular weight is 377 g/mol. The molecule has 0 spiro atoms. The fourth-order valence-electron chi connectivity index (χ4n) is 2.65. The van der Waals surface area contributed by atoms with Gasteiger partial charge in [-0.05, 0) is 56.2 Å². The highest BCUT2D eigenvalue weighted by molar-refractivity contribution is 7.15. The molecule has 1 aromatic heterocycles. The fourth-order valence-corrected chi connectivity index (χ4v) is 3.63. The van der Waals surface area contributed by atoms with Crippen molar-refractivity contribution >= 4 is 11.3 Å². The maximum Gasteiger partial charge on any atom is 0.416 e. The van der Waals surface area contributed by atoms with Gasteiger partial charge in [-0.1, -0.05) is 18.2 Å². The van der Waals surface area contributed by atoms with E-state index in [-0.39, 0.29) is 0 Å². The summed E-state index contributed by atoms with van der Waals surface area (Å²) in [6, 6.07) is 11.1. The third-order valence-corrected chi connectivity index (χ3v) is 5.10. The maximum absolute atomic E-state index is 12.7. The molecular weight excluding hydrogens is 359 g/mol. The first-order chi connectivity index (χ1) is 12.2. The zero-order chi connectivity index (χ0) is 18.9. The van der Waals surface area contributed by atoms with E-state index in [0.29, 0.717) is 17.2 Å². The molecule has 0 bridgehead atoms. The highest BCUT2D eigenvalue weighted by Crippen LogP contribution is 2.33. The zero-order valence-corrected chi connectivity index (χ0v) is 15.5.